The summed E-state index contributed by atoms with van der Waals surface area (Å²) in [6, 6.07) is 22.6. The molecule has 0 radical (unpaired) electrons. The third kappa shape index (κ3) is 60.9. The first kappa shape index (κ1) is 118. The number of aliphatic hydroxyl groups is 3. The fourth-order valence-electron chi connectivity index (χ4n) is 8.50. The van der Waals surface area contributed by atoms with Crippen LogP contribution < -0.4 is 75.0 Å². The highest BCUT2D eigenvalue weighted by atomic mass is 16.7. The highest BCUT2D eigenvalue weighted by Gasteiger charge is 2.44. The van der Waals surface area contributed by atoms with Gasteiger partial charge in [-0.25, -0.2) is 33.6 Å². The van der Waals surface area contributed by atoms with E-state index < -0.39 is 156 Å². The third-order valence-corrected chi connectivity index (χ3v) is 15.2. The minimum absolute atomic E-state index is 0.000311. The summed E-state index contributed by atoms with van der Waals surface area (Å²) < 4.78 is 67.2. The SMILES string of the molecule is C=C(NCC(CN=C(C)NC(=O)OC(C)(C)C)OC(=O)C(C)(CO)COC(=O)OCc1ccc(C)cc1)NC(=O)OC(C)(C)C.C=C(NCC(CN=C(C)NC(=O)OC(C)(C)C)OC(=O)C1(C)COC(=O)OC1)NC(=O)OC(C)(C)C.CC(=O)[O-].CC(=O)[O-].Cc1ccc(CO)cc1.Cc1ccc(COC(=O)OCC(C)(CO)C(=O)OC(C[NH+]=C(N)N)C[NH+]=C(N)N)cc1. The Morgan fingerprint density at radius 2 is 0.760 bits per heavy atom. The minimum atomic E-state index is -1.65. The number of guanidine groups is 2. The number of carboxylic acid groups (broad SMARTS) is 2. The van der Waals surface area contributed by atoms with Crippen molar-refractivity contribution in [1.29, 1.82) is 0 Å². The Balaban J connectivity index is 0. The van der Waals surface area contributed by atoms with E-state index in [1.54, 1.807) is 102 Å². The van der Waals surface area contributed by atoms with E-state index in [1.807, 2.05) is 81.4 Å². The number of cyclic esters (lactones) is 2. The molecule has 3 aromatic carbocycles. The topological polar surface area (TPSA) is 661 Å². The number of benzene rings is 3. The van der Waals surface area contributed by atoms with Crippen molar-refractivity contribution in [2.24, 2.45) is 49.2 Å². The molecule has 1 aliphatic rings. The van der Waals surface area contributed by atoms with Gasteiger partial charge in [0.1, 0.15) is 127 Å². The molecule has 0 saturated carbocycles. The Morgan fingerprint density at radius 3 is 1.05 bits per heavy atom. The standard InChI is InChI=1S/C31H48N4O10.C23H38N4O9.C19H30N6O6.C8H10O.2C2H4O2/c1-20-11-13-23(14-12-20)17-41-28(40)42-19-31(10,18-36)25(37)43-24(15-32-21(2)34-26(38)44-29(4,5)6)16-33-22(3)35-27(39)45-30(7,8)9;1-14(26-18(29)35-21(3,4)5)24-10-16(11-25-15(2)27-19(30)36-22(6,7)8)34-17(28)23(9)12-32-20(31)33-13-23;1-12-3-5-13(6-4-12)9-29-18(28)30-11-19(2,10-26)15(27)31-14(7-24-16(20)21)8-25-17(22)23;1-7-2-4-8(6-9)5-3-7;2*1-2(3)4/h11-14,24,32,36H,2,15-19H2,1,3-10H3,(H,34,38)(H,33,35,39);16,24H,1,10-13H2,2-9H3,(H,26,29)(H,25,27,30);3-6,14,26H,7-11H2,1-2H3,(H4,20,21,24)(H4,22,23,25);2-5,9H,6H2,1H3;2*1H3,(H,3,4). The van der Waals surface area contributed by atoms with Crippen LogP contribution in [-0.2, 0) is 105 Å². The van der Waals surface area contributed by atoms with Crippen molar-refractivity contribution < 1.29 is 155 Å². The lowest BCUT2D eigenvalue weighted by Crippen LogP contribution is -2.86. The lowest BCUT2D eigenvalue weighted by molar-refractivity contribution is -0.510. The number of carboxylic acids is 2. The Hall–Kier alpha value is -13.3. The van der Waals surface area contributed by atoms with Gasteiger partial charge in [-0.1, -0.05) is 103 Å². The number of nitrogens with zero attached hydrogens (tertiary/aromatic N) is 2. The number of nitrogens with two attached hydrogens (primary N) is 4. The van der Waals surface area contributed by atoms with Crippen molar-refractivity contribution in [1.82, 2.24) is 31.9 Å². The summed E-state index contributed by atoms with van der Waals surface area (Å²) in [6.07, 6.45) is -8.38. The number of aliphatic hydroxyl groups excluding tert-OH is 3. The molecule has 0 aliphatic carbocycles. The Morgan fingerprint density at radius 1 is 0.473 bits per heavy atom. The average Bonchev–Trinajstić information content (AvgIpc) is 0.822. The van der Waals surface area contributed by atoms with Crippen LogP contribution in [0.25, 0.3) is 0 Å². The molecule has 1 heterocycles. The number of amidine groups is 2. The molecule has 19 N–H and O–H groups in total. The molecule has 44 heteroatoms. The average molecular weight is 1830 g/mol. The monoisotopic (exact) mass is 1830 g/mol. The predicted molar refractivity (Wildman–Crippen MR) is 465 cm³/mol. The smallest absolute Gasteiger partial charge is 0.508 e. The van der Waals surface area contributed by atoms with Crippen molar-refractivity contribution >= 4 is 96.3 Å². The lowest BCUT2D eigenvalue weighted by atomic mass is 9.92. The zero-order valence-corrected chi connectivity index (χ0v) is 77.7. The number of nitrogens with one attached hydrogen (secondary N) is 8. The summed E-state index contributed by atoms with van der Waals surface area (Å²) in [5.41, 5.74) is 20.0. The maximum atomic E-state index is 13.2. The molecule has 0 aromatic heterocycles. The maximum absolute atomic E-state index is 13.2. The van der Waals surface area contributed by atoms with Crippen molar-refractivity contribution in [3.8, 4) is 0 Å². The van der Waals surface area contributed by atoms with Gasteiger partial charge in [-0.2, -0.15) is 0 Å². The van der Waals surface area contributed by atoms with Crippen LogP contribution in [0.3, 0.4) is 0 Å². The van der Waals surface area contributed by atoms with Crippen LogP contribution in [0.15, 0.2) is 108 Å². The molecule has 1 saturated heterocycles. The number of carbonyl (C=O) groups excluding carboxylic acids is 12. The summed E-state index contributed by atoms with van der Waals surface area (Å²) in [5, 5.41) is 61.6. The highest BCUT2D eigenvalue weighted by Crippen LogP contribution is 2.26. The number of alkyl carbamates (subject to hydrolysis) is 4. The first-order valence-electron chi connectivity index (χ1n) is 39.9. The molecular weight excluding hydrogens is 1700 g/mol. The van der Waals surface area contributed by atoms with Gasteiger partial charge in [0.2, 0.25) is 0 Å². The quantitative estimate of drug-likeness (QED) is 0.0175. The van der Waals surface area contributed by atoms with E-state index in [4.69, 9.17) is 109 Å². The molecule has 4 unspecified atom stereocenters. The van der Waals surface area contributed by atoms with Crippen LogP contribution in [0.1, 0.15) is 165 Å². The lowest BCUT2D eigenvalue weighted by Gasteiger charge is -2.31. The summed E-state index contributed by atoms with van der Waals surface area (Å²) in [4.78, 5) is 153. The van der Waals surface area contributed by atoms with Gasteiger partial charge in [0.15, 0.2) is 6.10 Å². The zero-order valence-electron chi connectivity index (χ0n) is 77.7. The van der Waals surface area contributed by atoms with Crippen LogP contribution in [0, 0.1) is 37.0 Å². The van der Waals surface area contributed by atoms with E-state index in [9.17, 15) is 58.2 Å². The molecule has 129 heavy (non-hydrogen) atoms. The number of aryl methyl sites for hydroxylation is 3. The van der Waals surface area contributed by atoms with Gasteiger partial charge >= 0.3 is 72.7 Å². The zero-order chi connectivity index (χ0) is 99.4. The second-order valence-electron chi connectivity index (χ2n) is 33.4. The second-order valence-corrected chi connectivity index (χ2v) is 33.4. The van der Waals surface area contributed by atoms with E-state index >= 15 is 0 Å². The van der Waals surface area contributed by atoms with Crippen molar-refractivity contribution in [3.63, 3.8) is 0 Å². The second kappa shape index (κ2) is 58.2. The maximum Gasteiger partial charge on any atom is 0.508 e. The molecule has 4 rings (SSSR count). The van der Waals surface area contributed by atoms with E-state index in [2.05, 4.69) is 65.0 Å². The molecule has 1 aliphatic heterocycles. The number of amides is 4. The van der Waals surface area contributed by atoms with Gasteiger partial charge in [0.05, 0.1) is 46.0 Å². The number of ether oxygens (including phenoxy) is 13. The van der Waals surface area contributed by atoms with Crippen molar-refractivity contribution in [2.45, 2.75) is 213 Å². The van der Waals surface area contributed by atoms with E-state index in [0.717, 1.165) is 41.7 Å². The number of rotatable bonds is 33. The summed E-state index contributed by atoms with van der Waals surface area (Å²) >= 11 is 0. The summed E-state index contributed by atoms with van der Waals surface area (Å²) in [7, 11) is 0. The first-order valence-corrected chi connectivity index (χ1v) is 39.9. The van der Waals surface area contributed by atoms with Crippen LogP contribution in [0.2, 0.25) is 0 Å². The fraction of sp³-hybridized carbons (Fsp3) is 0.553. The number of hydrogen-bond donors (Lipinski definition) is 15. The summed E-state index contributed by atoms with van der Waals surface area (Å²) in [5.74, 6) is -4.13. The molecule has 1 fully saturated rings. The number of aliphatic imine (C=N–C) groups is 2. The van der Waals surface area contributed by atoms with Crippen molar-refractivity contribution in [2.75, 3.05) is 78.9 Å². The molecule has 4 atom stereocenters. The molecule has 0 spiro atoms. The number of carbonyl (C=O) groups is 12. The third-order valence-electron chi connectivity index (χ3n) is 15.2. The number of esters is 3. The molecule has 0 bridgehead atoms. The summed E-state index contributed by atoms with van der Waals surface area (Å²) in [6.45, 7) is 40.3. The minimum Gasteiger partial charge on any atom is -0.550 e. The molecule has 724 valence electrons. The van der Waals surface area contributed by atoms with E-state index in [-0.39, 0.29) is 108 Å². The Bertz CT molecular complexity index is 4170. The Kier molecular flexibility index (Phi) is 53.1. The molecule has 44 nitrogen and oxygen atoms in total. The van der Waals surface area contributed by atoms with Gasteiger partial charge in [0, 0.05) is 11.9 Å². The predicted octanol–water partition coefficient (Wildman–Crippen LogP) is 0.953. The first-order chi connectivity index (χ1) is 59.4. The largest absolute Gasteiger partial charge is 0.550 e. The number of aliphatic carboxylic acids is 2. The molecule has 4 amide bonds. The van der Waals surface area contributed by atoms with Crippen LogP contribution in [0.4, 0.5) is 33.6 Å². The van der Waals surface area contributed by atoms with Crippen LogP contribution in [-0.4, -0.2) is 231 Å². The van der Waals surface area contributed by atoms with E-state index in [0.29, 0.717) is 0 Å². The molecule has 3 aromatic rings. The van der Waals surface area contributed by atoms with Crippen molar-refractivity contribution in [3.05, 3.63) is 131 Å². The van der Waals surface area contributed by atoms with E-state index in [1.165, 1.54) is 33.3 Å². The van der Waals surface area contributed by atoms with Gasteiger partial charge in [-0.15, -0.1) is 0 Å². The number of hydrogen-bond acceptors (Lipinski definition) is 34. The van der Waals surface area contributed by atoms with Gasteiger partial charge < -0.3 is 107 Å². The molecular formula is C85H134N14O30. The fourth-order valence-corrected chi connectivity index (χ4v) is 8.50. The normalized spacial score (nSPS) is 13.4. The van der Waals surface area contributed by atoms with Crippen LogP contribution >= 0.6 is 0 Å². The Labute approximate surface area is 751 Å². The highest BCUT2D eigenvalue weighted by molar-refractivity contribution is 5.94. The van der Waals surface area contributed by atoms with Gasteiger partial charge in [-0.3, -0.25) is 78.6 Å². The van der Waals surface area contributed by atoms with Gasteiger partial charge in [0.25, 0.3) is 0 Å². The van der Waals surface area contributed by atoms with Gasteiger partial charge in [-0.05, 0) is 169 Å². The van der Waals surface area contributed by atoms with Crippen LogP contribution in [0.5, 0.6) is 0 Å².